The maximum Gasteiger partial charge on any atom is 0.451 e. The average molecular weight is 471 g/mol. The van der Waals surface area contributed by atoms with Crippen LogP contribution in [-0.2, 0) is 17.4 Å². The van der Waals surface area contributed by atoms with Crippen molar-refractivity contribution in [3.8, 4) is 17.3 Å². The molecule has 5 nitrogen and oxygen atoms in total. The largest absolute Gasteiger partial charge is 0.451 e. The number of rotatable bonds is 7. The Morgan fingerprint density at radius 1 is 1.21 bits per heavy atom. The van der Waals surface area contributed by atoms with Crippen LogP contribution in [-0.4, -0.2) is 28.3 Å². The van der Waals surface area contributed by atoms with E-state index in [0.717, 1.165) is 5.56 Å². The highest BCUT2D eigenvalue weighted by molar-refractivity contribution is 7.08. The summed E-state index contributed by atoms with van der Waals surface area (Å²) < 4.78 is 40.4. The van der Waals surface area contributed by atoms with E-state index in [9.17, 15) is 18.0 Å². The molecule has 0 unspecified atom stereocenters. The van der Waals surface area contributed by atoms with Crippen molar-refractivity contribution in [3.63, 3.8) is 0 Å². The maximum atomic E-state index is 13.5. The van der Waals surface area contributed by atoms with E-state index in [1.807, 2.05) is 12.1 Å². The van der Waals surface area contributed by atoms with Crippen LogP contribution in [0.15, 0.2) is 47.2 Å². The Morgan fingerprint density at radius 2 is 2.00 bits per heavy atom. The first-order valence-corrected chi connectivity index (χ1v) is 11.6. The van der Waals surface area contributed by atoms with Crippen molar-refractivity contribution in [2.24, 2.45) is 0 Å². The summed E-state index contributed by atoms with van der Waals surface area (Å²) in [5.41, 5.74) is 2.42. The van der Waals surface area contributed by atoms with E-state index in [0.29, 0.717) is 49.8 Å². The fourth-order valence-electron chi connectivity index (χ4n) is 4.02. The monoisotopic (exact) mass is 470 g/mol. The minimum Gasteiger partial charge on any atom is -0.346 e. The van der Waals surface area contributed by atoms with Crippen molar-refractivity contribution < 1.29 is 18.0 Å². The molecule has 9 heteroatoms. The lowest BCUT2D eigenvalue weighted by atomic mass is 10.0. The molecule has 3 heterocycles. The molecular weight excluding hydrogens is 449 g/mol. The third-order valence-electron chi connectivity index (χ3n) is 5.67. The van der Waals surface area contributed by atoms with Crippen molar-refractivity contribution in [2.45, 2.75) is 44.3 Å². The van der Waals surface area contributed by atoms with Crippen LogP contribution in [0, 0.1) is 11.3 Å². The Bertz CT molecular complexity index is 1150. The van der Waals surface area contributed by atoms with E-state index in [2.05, 4.69) is 16.0 Å². The molecule has 0 aliphatic carbocycles. The Balaban J connectivity index is 1.49. The second kappa shape index (κ2) is 9.71. The average Bonchev–Trinajstić information content (AvgIpc) is 3.51. The van der Waals surface area contributed by atoms with Gasteiger partial charge in [0.15, 0.2) is 5.78 Å². The molecule has 1 aromatic carbocycles. The van der Waals surface area contributed by atoms with Crippen LogP contribution in [0.25, 0.3) is 11.3 Å². The van der Waals surface area contributed by atoms with Crippen LogP contribution < -0.4 is 4.90 Å². The number of aromatic nitrogens is 2. The Labute approximate surface area is 193 Å². The van der Waals surface area contributed by atoms with Crippen molar-refractivity contribution in [1.82, 2.24) is 9.97 Å². The van der Waals surface area contributed by atoms with E-state index in [1.54, 1.807) is 39.9 Å². The molecule has 1 aliphatic heterocycles. The minimum absolute atomic E-state index is 0.00500. The molecule has 33 heavy (non-hydrogen) atoms. The number of carbonyl (C=O) groups excluding carboxylic acids is 1. The zero-order valence-corrected chi connectivity index (χ0v) is 18.5. The number of nitrogens with zero attached hydrogens (tertiary/aromatic N) is 4. The number of alkyl halides is 3. The first kappa shape index (κ1) is 22.9. The highest BCUT2D eigenvalue weighted by Crippen LogP contribution is 2.34. The zero-order chi connectivity index (χ0) is 23.4. The lowest BCUT2D eigenvalue weighted by Gasteiger charge is -2.25. The number of hydrogen-bond acceptors (Lipinski definition) is 6. The Morgan fingerprint density at radius 3 is 2.67 bits per heavy atom. The number of ketones is 1. The van der Waals surface area contributed by atoms with Gasteiger partial charge < -0.3 is 4.90 Å². The lowest BCUT2D eigenvalue weighted by molar-refractivity contribution is -0.144. The quantitative estimate of drug-likeness (QED) is 0.446. The summed E-state index contributed by atoms with van der Waals surface area (Å²) in [6, 6.07) is 12.1. The van der Waals surface area contributed by atoms with E-state index in [1.165, 1.54) is 11.3 Å². The highest BCUT2D eigenvalue weighted by Gasteiger charge is 2.38. The predicted octanol–water partition coefficient (Wildman–Crippen LogP) is 5.66. The van der Waals surface area contributed by atoms with Gasteiger partial charge in [0.1, 0.15) is 5.82 Å². The summed E-state index contributed by atoms with van der Waals surface area (Å²) in [6.45, 7) is 0.476. The van der Waals surface area contributed by atoms with Crippen molar-refractivity contribution in [2.75, 3.05) is 11.4 Å². The first-order chi connectivity index (χ1) is 15.8. The molecule has 0 N–H and O–H groups in total. The van der Waals surface area contributed by atoms with Gasteiger partial charge in [-0.25, -0.2) is 9.97 Å². The van der Waals surface area contributed by atoms with Crippen LogP contribution in [0.5, 0.6) is 0 Å². The molecule has 0 bridgehead atoms. The fourth-order valence-corrected chi connectivity index (χ4v) is 4.67. The fraction of sp³-hybridized carbons (Fsp3) is 0.333. The number of Topliss-reactive ketones (excluding diaryl/α,β-unsaturated/α-hetero) is 1. The van der Waals surface area contributed by atoms with Gasteiger partial charge in [0.2, 0.25) is 5.82 Å². The van der Waals surface area contributed by atoms with Crippen molar-refractivity contribution >= 4 is 22.9 Å². The number of halogens is 3. The molecule has 3 aromatic rings. The molecule has 4 rings (SSSR count). The van der Waals surface area contributed by atoms with Gasteiger partial charge in [-0.3, -0.25) is 4.79 Å². The van der Waals surface area contributed by atoms with Crippen LogP contribution in [0.3, 0.4) is 0 Å². The van der Waals surface area contributed by atoms with Gasteiger partial charge in [-0.2, -0.15) is 29.8 Å². The van der Waals surface area contributed by atoms with Gasteiger partial charge in [0.25, 0.3) is 0 Å². The van der Waals surface area contributed by atoms with Gasteiger partial charge in [0, 0.05) is 30.0 Å². The molecule has 1 aliphatic rings. The third-order valence-corrected chi connectivity index (χ3v) is 6.36. The SMILES string of the molecule is N#Cc1ccc(CCCC(=O)[C@@H]2CCCN2c2cc(-c3ccsc3)nc(C(F)(F)F)n2)cc1. The number of hydrogen-bond donors (Lipinski definition) is 0. The predicted molar refractivity (Wildman–Crippen MR) is 120 cm³/mol. The smallest absolute Gasteiger partial charge is 0.346 e. The van der Waals surface area contributed by atoms with Gasteiger partial charge in [-0.1, -0.05) is 12.1 Å². The van der Waals surface area contributed by atoms with Crippen LogP contribution in [0.2, 0.25) is 0 Å². The van der Waals surface area contributed by atoms with E-state index in [4.69, 9.17) is 5.26 Å². The molecule has 0 radical (unpaired) electrons. The Kier molecular flexibility index (Phi) is 6.75. The van der Waals surface area contributed by atoms with E-state index in [-0.39, 0.29) is 17.3 Å². The second-order valence-corrected chi connectivity index (χ2v) is 8.70. The van der Waals surface area contributed by atoms with Gasteiger partial charge in [-0.15, -0.1) is 0 Å². The summed E-state index contributed by atoms with van der Waals surface area (Å²) in [4.78, 5) is 22.2. The molecule has 1 atom stereocenters. The summed E-state index contributed by atoms with van der Waals surface area (Å²) in [5, 5.41) is 12.4. The van der Waals surface area contributed by atoms with Gasteiger partial charge in [0.05, 0.1) is 23.4 Å². The molecule has 0 spiro atoms. The normalized spacial score (nSPS) is 16.1. The topological polar surface area (TPSA) is 69.9 Å². The number of anilines is 1. The number of aryl methyl sites for hydroxylation is 1. The first-order valence-electron chi connectivity index (χ1n) is 10.6. The summed E-state index contributed by atoms with van der Waals surface area (Å²) in [7, 11) is 0. The molecule has 0 amide bonds. The Hall–Kier alpha value is -3.25. The van der Waals surface area contributed by atoms with E-state index < -0.39 is 18.0 Å². The molecule has 1 saturated heterocycles. The van der Waals surface area contributed by atoms with Crippen LogP contribution in [0.4, 0.5) is 19.0 Å². The zero-order valence-electron chi connectivity index (χ0n) is 17.7. The number of nitriles is 1. The molecular formula is C24H21F3N4OS. The number of thiophene rings is 1. The maximum absolute atomic E-state index is 13.5. The second-order valence-electron chi connectivity index (χ2n) is 7.92. The molecule has 2 aromatic heterocycles. The van der Waals surface area contributed by atoms with Gasteiger partial charge >= 0.3 is 6.18 Å². The lowest BCUT2D eigenvalue weighted by Crippen LogP contribution is -2.37. The van der Waals surface area contributed by atoms with Crippen molar-refractivity contribution in [1.29, 1.82) is 5.26 Å². The third kappa shape index (κ3) is 5.40. The molecule has 0 saturated carbocycles. The summed E-state index contributed by atoms with van der Waals surface area (Å²) in [5.74, 6) is -1.05. The molecule has 170 valence electrons. The minimum atomic E-state index is -4.68. The summed E-state index contributed by atoms with van der Waals surface area (Å²) >= 11 is 1.38. The molecule has 1 fully saturated rings. The van der Waals surface area contributed by atoms with Crippen molar-refractivity contribution in [3.05, 3.63) is 64.1 Å². The summed E-state index contributed by atoms with van der Waals surface area (Å²) in [6.07, 6.45) is -1.72. The standard InChI is InChI=1S/C24H21F3N4OS/c25-24(26,27)23-29-19(18-10-12-33-15-18)13-22(30-23)31-11-2-4-20(31)21(32)5-1-3-16-6-8-17(14-28)9-7-16/h6-10,12-13,15,20H,1-5,11H2/t20-/m0/s1. The number of carbonyl (C=O) groups is 1. The van der Waals surface area contributed by atoms with Gasteiger partial charge in [-0.05, 0) is 54.8 Å². The van der Waals surface area contributed by atoms with E-state index >= 15 is 0 Å². The van der Waals surface area contributed by atoms with Crippen LogP contribution in [0.1, 0.15) is 42.6 Å². The number of benzene rings is 1. The highest BCUT2D eigenvalue weighted by atomic mass is 32.1. The van der Waals surface area contributed by atoms with Crippen LogP contribution >= 0.6 is 11.3 Å².